The molecule has 0 N–H and O–H groups in total. The molecule has 4 rings (SSSR count). The molecule has 1 saturated heterocycles. The van der Waals surface area contributed by atoms with E-state index in [1.165, 1.54) is 6.92 Å². The highest BCUT2D eigenvalue weighted by Gasteiger charge is 2.41. The molecule has 1 aliphatic heterocycles. The second-order valence-corrected chi connectivity index (χ2v) is 9.07. The Balaban J connectivity index is 1.74. The van der Waals surface area contributed by atoms with Gasteiger partial charge in [-0.3, -0.25) is 14.5 Å². The average Bonchev–Trinajstić information content (AvgIpc) is 3.22. The van der Waals surface area contributed by atoms with Gasteiger partial charge in [-0.15, -0.1) is 0 Å². The Hall–Kier alpha value is -3.03. The van der Waals surface area contributed by atoms with E-state index in [-0.39, 0.29) is 11.5 Å². The van der Waals surface area contributed by atoms with Gasteiger partial charge in [0.25, 0.3) is 11.1 Å². The Bertz CT molecular complexity index is 1300. The predicted molar refractivity (Wildman–Crippen MR) is 131 cm³/mol. The minimum atomic E-state index is -0.981. The number of fused-ring (bicyclic) bond motifs is 1. The highest BCUT2D eigenvalue weighted by molar-refractivity contribution is 8.18. The summed E-state index contributed by atoms with van der Waals surface area (Å²) in [6, 6.07) is 14.6. The van der Waals surface area contributed by atoms with Crippen LogP contribution in [-0.2, 0) is 20.9 Å². The number of carbonyl (C=O) groups is 3. The number of imide groups is 1. The van der Waals surface area contributed by atoms with E-state index in [4.69, 9.17) is 16.3 Å². The third-order valence-corrected chi connectivity index (χ3v) is 6.93. The lowest BCUT2D eigenvalue weighted by Crippen LogP contribution is -2.42. The number of rotatable bonds is 6. The van der Waals surface area contributed by atoms with E-state index in [0.717, 1.165) is 44.4 Å². The number of benzene rings is 2. The molecule has 0 saturated carbocycles. The number of halogens is 1. The van der Waals surface area contributed by atoms with Gasteiger partial charge in [-0.1, -0.05) is 48.0 Å². The van der Waals surface area contributed by atoms with Gasteiger partial charge in [-0.05, 0) is 56.3 Å². The minimum absolute atomic E-state index is 0.180. The van der Waals surface area contributed by atoms with Crippen molar-refractivity contribution in [2.24, 2.45) is 0 Å². The highest BCUT2D eigenvalue weighted by atomic mass is 35.5. The summed E-state index contributed by atoms with van der Waals surface area (Å²) in [5.74, 6) is -1.10. The molecule has 2 heterocycles. The maximum atomic E-state index is 13.0. The Morgan fingerprint density at radius 3 is 2.58 bits per heavy atom. The summed E-state index contributed by atoms with van der Waals surface area (Å²) in [7, 11) is 0. The molecular weight excluding hydrogens is 460 g/mol. The Morgan fingerprint density at radius 2 is 1.85 bits per heavy atom. The van der Waals surface area contributed by atoms with Crippen LogP contribution in [0.5, 0.6) is 0 Å². The van der Waals surface area contributed by atoms with E-state index >= 15 is 0 Å². The van der Waals surface area contributed by atoms with Crippen LogP contribution in [0, 0.1) is 6.92 Å². The van der Waals surface area contributed by atoms with Gasteiger partial charge in [0.05, 0.1) is 11.5 Å². The second-order valence-electron chi connectivity index (χ2n) is 7.67. The zero-order valence-corrected chi connectivity index (χ0v) is 20.1. The Labute approximate surface area is 201 Å². The molecule has 33 heavy (non-hydrogen) atoms. The van der Waals surface area contributed by atoms with E-state index in [2.05, 4.69) is 4.57 Å². The van der Waals surface area contributed by atoms with Crippen LogP contribution in [0.4, 0.5) is 4.79 Å². The van der Waals surface area contributed by atoms with Crippen LogP contribution in [0.3, 0.4) is 0 Å². The maximum absolute atomic E-state index is 13.0. The summed E-state index contributed by atoms with van der Waals surface area (Å²) in [6.07, 6.45) is 1.74. The van der Waals surface area contributed by atoms with Gasteiger partial charge in [-0.25, -0.2) is 4.79 Å². The van der Waals surface area contributed by atoms with Crippen molar-refractivity contribution in [1.29, 1.82) is 0 Å². The predicted octanol–water partition coefficient (Wildman–Crippen LogP) is 5.64. The molecule has 1 aromatic heterocycles. The lowest BCUT2D eigenvalue weighted by Gasteiger charge is -2.19. The van der Waals surface area contributed by atoms with Gasteiger partial charge in [-0.2, -0.15) is 0 Å². The van der Waals surface area contributed by atoms with Crippen LogP contribution in [0.15, 0.2) is 53.4 Å². The van der Waals surface area contributed by atoms with Gasteiger partial charge in [0.2, 0.25) is 0 Å². The first-order valence-corrected chi connectivity index (χ1v) is 11.8. The molecular formula is C25H23ClN2O4S. The van der Waals surface area contributed by atoms with Crippen molar-refractivity contribution in [3.63, 3.8) is 0 Å². The smallest absolute Gasteiger partial charge is 0.329 e. The number of hydrogen-bond acceptors (Lipinski definition) is 5. The summed E-state index contributed by atoms with van der Waals surface area (Å²) >= 11 is 7.23. The van der Waals surface area contributed by atoms with Crippen molar-refractivity contribution in [3.05, 3.63) is 75.3 Å². The molecule has 1 fully saturated rings. The van der Waals surface area contributed by atoms with Crippen molar-refractivity contribution in [3.8, 4) is 0 Å². The SMILES string of the molecule is CCOC(=O)[C@@H](C)N1C(=O)S/C(=C/c2c(C)n(Cc3ccccc3Cl)c3ccccc23)C1=O. The second kappa shape index (κ2) is 9.45. The van der Waals surface area contributed by atoms with Crippen LogP contribution in [-0.4, -0.2) is 39.2 Å². The fourth-order valence-corrected chi connectivity index (χ4v) is 5.04. The van der Waals surface area contributed by atoms with Gasteiger partial charge >= 0.3 is 5.97 Å². The van der Waals surface area contributed by atoms with Crippen LogP contribution in [0.2, 0.25) is 5.02 Å². The first kappa shape index (κ1) is 23.1. The molecule has 0 bridgehead atoms. The van der Waals surface area contributed by atoms with Gasteiger partial charge < -0.3 is 9.30 Å². The first-order valence-electron chi connectivity index (χ1n) is 10.6. The van der Waals surface area contributed by atoms with Crippen molar-refractivity contribution in [1.82, 2.24) is 9.47 Å². The van der Waals surface area contributed by atoms with E-state index < -0.39 is 23.2 Å². The number of para-hydroxylation sites is 1. The number of aromatic nitrogens is 1. The van der Waals surface area contributed by atoms with Gasteiger partial charge in [0, 0.05) is 33.7 Å². The lowest BCUT2D eigenvalue weighted by atomic mass is 10.1. The molecule has 0 spiro atoms. The largest absolute Gasteiger partial charge is 0.464 e. The quantitative estimate of drug-likeness (QED) is 0.336. The molecule has 1 atom stereocenters. The number of hydrogen-bond donors (Lipinski definition) is 0. The Morgan fingerprint density at radius 1 is 1.15 bits per heavy atom. The van der Waals surface area contributed by atoms with E-state index in [1.807, 2.05) is 55.5 Å². The van der Waals surface area contributed by atoms with Crippen molar-refractivity contribution in [2.45, 2.75) is 33.4 Å². The summed E-state index contributed by atoms with van der Waals surface area (Å²) in [6.45, 7) is 5.91. The zero-order valence-electron chi connectivity index (χ0n) is 18.5. The number of esters is 1. The number of thioether (sulfide) groups is 1. The number of carbonyl (C=O) groups excluding carboxylic acids is 3. The third-order valence-electron chi connectivity index (χ3n) is 5.68. The van der Waals surface area contributed by atoms with E-state index in [1.54, 1.807) is 13.0 Å². The molecule has 3 aromatic rings. The van der Waals surface area contributed by atoms with E-state index in [0.29, 0.717) is 11.6 Å². The molecule has 2 aromatic carbocycles. The molecule has 170 valence electrons. The zero-order chi connectivity index (χ0) is 23.7. The van der Waals surface area contributed by atoms with Crippen molar-refractivity contribution >= 4 is 57.5 Å². The monoisotopic (exact) mass is 482 g/mol. The van der Waals surface area contributed by atoms with Crippen LogP contribution >= 0.6 is 23.4 Å². The van der Waals surface area contributed by atoms with Gasteiger partial charge in [0.15, 0.2) is 0 Å². The molecule has 0 unspecified atom stereocenters. The summed E-state index contributed by atoms with van der Waals surface area (Å²) in [5.41, 5.74) is 3.78. The van der Waals surface area contributed by atoms with Crippen LogP contribution in [0.25, 0.3) is 17.0 Å². The fraction of sp³-hybridized carbons (Fsp3) is 0.240. The molecule has 1 aliphatic rings. The molecule has 6 nitrogen and oxygen atoms in total. The van der Waals surface area contributed by atoms with Crippen molar-refractivity contribution < 1.29 is 19.1 Å². The summed E-state index contributed by atoms with van der Waals surface area (Å²) in [4.78, 5) is 39.0. The fourth-order valence-electron chi connectivity index (χ4n) is 3.95. The molecule has 8 heteroatoms. The standard InChI is InChI=1S/C25H23ClN2O4S/c1-4-32-24(30)16(3)28-23(29)22(33-25(28)31)13-19-15(2)27(21-12-8-6-10-18(19)21)14-17-9-5-7-11-20(17)26/h5-13,16H,4,14H2,1-3H3/b22-13+/t16-/m1/s1. The minimum Gasteiger partial charge on any atom is -0.464 e. The Kier molecular flexibility index (Phi) is 6.63. The molecule has 0 radical (unpaired) electrons. The number of nitrogens with zero attached hydrogens (tertiary/aromatic N) is 2. The third kappa shape index (κ3) is 4.30. The first-order chi connectivity index (χ1) is 15.8. The summed E-state index contributed by atoms with van der Waals surface area (Å²) < 4.78 is 7.13. The van der Waals surface area contributed by atoms with Crippen molar-refractivity contribution in [2.75, 3.05) is 6.61 Å². The average molecular weight is 483 g/mol. The molecule has 0 aliphatic carbocycles. The van der Waals surface area contributed by atoms with Crippen LogP contribution in [0.1, 0.15) is 30.7 Å². The summed E-state index contributed by atoms with van der Waals surface area (Å²) in [5, 5.41) is 1.17. The highest BCUT2D eigenvalue weighted by Crippen LogP contribution is 2.37. The number of ether oxygens (including phenoxy) is 1. The molecule has 2 amide bonds. The van der Waals surface area contributed by atoms with E-state index in [9.17, 15) is 14.4 Å². The van der Waals surface area contributed by atoms with Gasteiger partial charge in [0.1, 0.15) is 6.04 Å². The topological polar surface area (TPSA) is 68.6 Å². The number of amides is 2. The maximum Gasteiger partial charge on any atom is 0.329 e. The lowest BCUT2D eigenvalue weighted by molar-refractivity contribution is -0.150. The van der Waals surface area contributed by atoms with Crippen LogP contribution < -0.4 is 0 Å². The normalized spacial score (nSPS) is 16.1.